The number of carbonyl (C=O) groups excluding carboxylic acids is 3. The van der Waals surface area contributed by atoms with Crippen LogP contribution >= 0.6 is 0 Å². The second-order valence-corrected chi connectivity index (χ2v) is 4.07. The van der Waals surface area contributed by atoms with Crippen molar-refractivity contribution in [3.05, 3.63) is 12.2 Å². The highest BCUT2D eigenvalue weighted by atomic mass is 16.2. The first-order valence-corrected chi connectivity index (χ1v) is 5.14. The van der Waals surface area contributed by atoms with Crippen LogP contribution in [0.3, 0.4) is 0 Å². The van der Waals surface area contributed by atoms with Gasteiger partial charge in [0.15, 0.2) is 0 Å². The minimum absolute atomic E-state index is 0.187. The molecule has 0 aromatic rings. The third kappa shape index (κ3) is 1.96. The van der Waals surface area contributed by atoms with Crippen molar-refractivity contribution in [2.45, 2.75) is 18.4 Å². The lowest BCUT2D eigenvalue weighted by molar-refractivity contribution is -0.137. The second-order valence-electron chi connectivity index (χ2n) is 4.07. The van der Waals surface area contributed by atoms with Crippen LogP contribution in [0.15, 0.2) is 12.2 Å². The summed E-state index contributed by atoms with van der Waals surface area (Å²) in [6.45, 7) is 0.434. The zero-order chi connectivity index (χ0) is 11.8. The van der Waals surface area contributed by atoms with Crippen LogP contribution in [0.4, 0.5) is 0 Å². The number of nitrogens with two attached hydrogens (primary N) is 1. The van der Waals surface area contributed by atoms with E-state index in [2.05, 4.69) is 5.32 Å². The lowest BCUT2D eigenvalue weighted by Gasteiger charge is -2.15. The quantitative estimate of drug-likeness (QED) is 0.568. The monoisotopic (exact) mass is 223 g/mol. The summed E-state index contributed by atoms with van der Waals surface area (Å²) in [7, 11) is 0. The maximum Gasteiger partial charge on any atom is 0.253 e. The first kappa shape index (κ1) is 10.8. The standard InChI is InChI=1S/C10H13N3O3/c11-10(3-4-10)9(16)12-5-6-13-7(14)1-2-8(13)15/h1-2H,3-6,11H2,(H,12,16). The van der Waals surface area contributed by atoms with Gasteiger partial charge in [0.2, 0.25) is 5.91 Å². The minimum atomic E-state index is -0.711. The van der Waals surface area contributed by atoms with Crippen molar-refractivity contribution in [2.75, 3.05) is 13.1 Å². The van der Waals surface area contributed by atoms with E-state index in [0.29, 0.717) is 12.8 Å². The fraction of sp³-hybridized carbons (Fsp3) is 0.500. The van der Waals surface area contributed by atoms with Crippen molar-refractivity contribution in [3.63, 3.8) is 0 Å². The van der Waals surface area contributed by atoms with E-state index in [-0.39, 0.29) is 30.8 Å². The number of hydrogen-bond donors (Lipinski definition) is 2. The van der Waals surface area contributed by atoms with Gasteiger partial charge in [0.25, 0.3) is 11.8 Å². The van der Waals surface area contributed by atoms with Crippen LogP contribution in [0.5, 0.6) is 0 Å². The van der Waals surface area contributed by atoms with Crippen molar-refractivity contribution in [1.29, 1.82) is 0 Å². The number of nitrogens with zero attached hydrogens (tertiary/aromatic N) is 1. The van der Waals surface area contributed by atoms with Gasteiger partial charge < -0.3 is 11.1 Å². The molecule has 16 heavy (non-hydrogen) atoms. The molecular weight excluding hydrogens is 210 g/mol. The molecule has 0 saturated heterocycles. The predicted octanol–water partition coefficient (Wildman–Crippen LogP) is -1.48. The summed E-state index contributed by atoms with van der Waals surface area (Å²) >= 11 is 0. The fourth-order valence-corrected chi connectivity index (χ4v) is 1.47. The average Bonchev–Trinajstić information content (AvgIpc) is 2.92. The molecule has 3 N–H and O–H groups in total. The van der Waals surface area contributed by atoms with E-state index in [1.165, 1.54) is 12.2 Å². The number of imide groups is 1. The molecule has 1 saturated carbocycles. The molecular formula is C10H13N3O3. The molecule has 2 rings (SSSR count). The third-order valence-electron chi connectivity index (χ3n) is 2.76. The fourth-order valence-electron chi connectivity index (χ4n) is 1.47. The Morgan fingerprint density at radius 3 is 2.44 bits per heavy atom. The molecule has 2 aliphatic rings. The summed E-state index contributed by atoms with van der Waals surface area (Å²) in [6, 6.07) is 0. The van der Waals surface area contributed by atoms with Gasteiger partial charge in [-0.15, -0.1) is 0 Å². The lowest BCUT2D eigenvalue weighted by Crippen LogP contribution is -2.46. The second kappa shape index (κ2) is 3.71. The van der Waals surface area contributed by atoms with Gasteiger partial charge in [0.05, 0.1) is 5.54 Å². The van der Waals surface area contributed by atoms with E-state index in [1.54, 1.807) is 0 Å². The van der Waals surface area contributed by atoms with Gasteiger partial charge >= 0.3 is 0 Å². The van der Waals surface area contributed by atoms with Gasteiger partial charge in [-0.1, -0.05) is 0 Å². The zero-order valence-corrected chi connectivity index (χ0v) is 8.73. The molecule has 0 spiro atoms. The van der Waals surface area contributed by atoms with Gasteiger partial charge in [0, 0.05) is 25.2 Å². The van der Waals surface area contributed by atoms with Crippen LogP contribution in [0.25, 0.3) is 0 Å². The van der Waals surface area contributed by atoms with Crippen molar-refractivity contribution < 1.29 is 14.4 Å². The van der Waals surface area contributed by atoms with Crippen LogP contribution in [-0.4, -0.2) is 41.2 Å². The van der Waals surface area contributed by atoms with Crippen molar-refractivity contribution >= 4 is 17.7 Å². The first-order chi connectivity index (χ1) is 7.53. The molecule has 1 aliphatic carbocycles. The Morgan fingerprint density at radius 1 is 1.38 bits per heavy atom. The molecule has 0 radical (unpaired) electrons. The highest BCUT2D eigenvalue weighted by molar-refractivity contribution is 6.12. The smallest absolute Gasteiger partial charge is 0.253 e. The molecule has 1 aliphatic heterocycles. The average molecular weight is 223 g/mol. The highest BCUT2D eigenvalue weighted by Gasteiger charge is 2.45. The van der Waals surface area contributed by atoms with E-state index >= 15 is 0 Å². The van der Waals surface area contributed by atoms with E-state index in [0.717, 1.165) is 4.90 Å². The van der Waals surface area contributed by atoms with E-state index in [1.807, 2.05) is 0 Å². The molecule has 6 nitrogen and oxygen atoms in total. The summed E-state index contributed by atoms with van der Waals surface area (Å²) in [5.74, 6) is -0.888. The first-order valence-electron chi connectivity index (χ1n) is 5.14. The van der Waals surface area contributed by atoms with Crippen LogP contribution < -0.4 is 11.1 Å². The van der Waals surface area contributed by atoms with Gasteiger partial charge in [0.1, 0.15) is 0 Å². The number of hydrogen-bond acceptors (Lipinski definition) is 4. The highest BCUT2D eigenvalue weighted by Crippen LogP contribution is 2.31. The summed E-state index contributed by atoms with van der Waals surface area (Å²) < 4.78 is 0. The molecule has 3 amide bonds. The van der Waals surface area contributed by atoms with E-state index < -0.39 is 5.54 Å². The Bertz CT molecular complexity index is 367. The van der Waals surface area contributed by atoms with Gasteiger partial charge in [-0.3, -0.25) is 19.3 Å². The van der Waals surface area contributed by atoms with E-state index in [4.69, 9.17) is 5.73 Å². The lowest BCUT2D eigenvalue weighted by atomic mass is 10.3. The Kier molecular flexibility index (Phi) is 2.51. The molecule has 1 heterocycles. The predicted molar refractivity (Wildman–Crippen MR) is 55.0 cm³/mol. The molecule has 86 valence electrons. The van der Waals surface area contributed by atoms with Gasteiger partial charge in [-0.2, -0.15) is 0 Å². The van der Waals surface area contributed by atoms with E-state index in [9.17, 15) is 14.4 Å². The molecule has 6 heteroatoms. The molecule has 1 fully saturated rings. The Balaban J connectivity index is 1.74. The molecule has 0 atom stereocenters. The number of rotatable bonds is 4. The minimum Gasteiger partial charge on any atom is -0.353 e. The largest absolute Gasteiger partial charge is 0.353 e. The summed E-state index contributed by atoms with van der Waals surface area (Å²) in [5, 5.41) is 2.62. The SMILES string of the molecule is NC1(C(=O)NCCN2C(=O)C=CC2=O)CC1. The summed E-state index contributed by atoms with van der Waals surface area (Å²) in [6.07, 6.45) is 3.83. The molecule has 0 aromatic carbocycles. The van der Waals surface area contributed by atoms with Crippen molar-refractivity contribution in [1.82, 2.24) is 10.2 Å². The summed E-state index contributed by atoms with van der Waals surface area (Å²) in [5.41, 5.74) is 4.96. The maximum atomic E-state index is 11.4. The Hall–Kier alpha value is -1.69. The summed E-state index contributed by atoms with van der Waals surface area (Å²) in [4.78, 5) is 34.8. The third-order valence-corrected chi connectivity index (χ3v) is 2.76. The van der Waals surface area contributed by atoms with Crippen LogP contribution in [0, 0.1) is 0 Å². The number of nitrogens with one attached hydrogen (secondary N) is 1. The normalized spacial score (nSPS) is 21.4. The maximum absolute atomic E-state index is 11.4. The molecule has 0 bridgehead atoms. The van der Waals surface area contributed by atoms with Crippen molar-refractivity contribution in [3.8, 4) is 0 Å². The Labute approximate surface area is 92.5 Å². The topological polar surface area (TPSA) is 92.5 Å². The molecule has 0 unspecified atom stereocenters. The Morgan fingerprint density at radius 2 is 1.94 bits per heavy atom. The van der Waals surface area contributed by atoms with Gasteiger partial charge in [-0.05, 0) is 12.8 Å². The van der Waals surface area contributed by atoms with Gasteiger partial charge in [-0.25, -0.2) is 0 Å². The zero-order valence-electron chi connectivity index (χ0n) is 8.73. The molecule has 0 aromatic heterocycles. The van der Waals surface area contributed by atoms with Crippen LogP contribution in [-0.2, 0) is 14.4 Å². The number of amides is 3. The van der Waals surface area contributed by atoms with Crippen LogP contribution in [0.1, 0.15) is 12.8 Å². The van der Waals surface area contributed by atoms with Crippen LogP contribution in [0.2, 0.25) is 0 Å². The number of carbonyl (C=O) groups is 3. The van der Waals surface area contributed by atoms with Crippen molar-refractivity contribution in [2.24, 2.45) is 5.73 Å².